The van der Waals surface area contributed by atoms with Crippen LogP contribution in [0.25, 0.3) is 0 Å². The predicted octanol–water partition coefficient (Wildman–Crippen LogP) is 3.69. The standard InChI is InChI=1S/C18H27ClO4/c1-4-18(23-17(21)11(3)22-16(20)10(2)19)14-6-12-5-13(8-14)9-15(18)7-12/h10-15H,4-9H2,1-3H3. The second-order valence-electron chi connectivity index (χ2n) is 7.73. The predicted molar refractivity (Wildman–Crippen MR) is 87.0 cm³/mol. The molecular weight excluding hydrogens is 316 g/mol. The molecule has 4 aliphatic rings. The Hall–Kier alpha value is -0.770. The molecule has 0 radical (unpaired) electrons. The average Bonchev–Trinajstić information content (AvgIpc) is 2.49. The topological polar surface area (TPSA) is 52.6 Å². The number of carbonyl (C=O) groups excluding carboxylic acids is 2. The molecule has 0 N–H and O–H groups in total. The van der Waals surface area contributed by atoms with Crippen molar-refractivity contribution in [3.8, 4) is 0 Å². The van der Waals surface area contributed by atoms with Gasteiger partial charge in [-0.1, -0.05) is 6.92 Å². The first-order valence-corrected chi connectivity index (χ1v) is 9.36. The summed E-state index contributed by atoms with van der Waals surface area (Å²) in [5, 5.41) is -0.758. The van der Waals surface area contributed by atoms with E-state index in [4.69, 9.17) is 21.1 Å². The van der Waals surface area contributed by atoms with Gasteiger partial charge in [0.05, 0.1) is 0 Å². The van der Waals surface area contributed by atoms with Gasteiger partial charge in [-0.15, -0.1) is 11.6 Å². The molecule has 0 spiro atoms. The minimum atomic E-state index is -0.899. The molecule has 2 unspecified atom stereocenters. The highest BCUT2D eigenvalue weighted by Crippen LogP contribution is 2.60. The number of rotatable bonds is 5. The molecule has 0 saturated heterocycles. The molecule has 0 aromatic rings. The minimum Gasteiger partial charge on any atom is -0.456 e. The lowest BCUT2D eigenvalue weighted by atomic mass is 9.49. The zero-order valence-corrected chi connectivity index (χ0v) is 15.0. The first-order valence-electron chi connectivity index (χ1n) is 8.93. The van der Waals surface area contributed by atoms with Gasteiger partial charge in [-0.2, -0.15) is 0 Å². The van der Waals surface area contributed by atoms with Gasteiger partial charge in [0.25, 0.3) is 0 Å². The van der Waals surface area contributed by atoms with Crippen LogP contribution < -0.4 is 0 Å². The summed E-state index contributed by atoms with van der Waals surface area (Å²) in [6.07, 6.45) is 6.04. The molecule has 4 bridgehead atoms. The molecule has 2 atom stereocenters. The van der Waals surface area contributed by atoms with Crippen molar-refractivity contribution < 1.29 is 19.1 Å². The van der Waals surface area contributed by atoms with Crippen molar-refractivity contribution in [2.75, 3.05) is 0 Å². The van der Waals surface area contributed by atoms with Crippen molar-refractivity contribution in [3.05, 3.63) is 0 Å². The third kappa shape index (κ3) is 2.99. The van der Waals surface area contributed by atoms with Crippen LogP contribution in [0.5, 0.6) is 0 Å². The number of hydrogen-bond acceptors (Lipinski definition) is 4. The van der Waals surface area contributed by atoms with E-state index < -0.39 is 23.4 Å². The fourth-order valence-corrected chi connectivity index (χ4v) is 5.44. The third-order valence-electron chi connectivity index (χ3n) is 6.31. The summed E-state index contributed by atoms with van der Waals surface area (Å²) < 4.78 is 11.2. The molecule has 0 aromatic heterocycles. The second-order valence-corrected chi connectivity index (χ2v) is 8.38. The van der Waals surface area contributed by atoms with Crippen LogP contribution in [0, 0.1) is 23.7 Å². The van der Waals surface area contributed by atoms with Crippen LogP contribution in [0.2, 0.25) is 0 Å². The number of halogens is 1. The first kappa shape index (κ1) is 17.1. The first-order chi connectivity index (χ1) is 10.9. The van der Waals surface area contributed by atoms with Gasteiger partial charge < -0.3 is 9.47 Å². The summed E-state index contributed by atoms with van der Waals surface area (Å²) in [6, 6.07) is 0. The fourth-order valence-electron chi connectivity index (χ4n) is 5.38. The Morgan fingerprint density at radius 3 is 2.00 bits per heavy atom. The Balaban J connectivity index is 1.69. The highest BCUT2D eigenvalue weighted by molar-refractivity contribution is 6.29. The van der Waals surface area contributed by atoms with Gasteiger partial charge in [0.2, 0.25) is 0 Å². The second kappa shape index (κ2) is 6.27. The van der Waals surface area contributed by atoms with Crippen molar-refractivity contribution >= 4 is 23.5 Å². The van der Waals surface area contributed by atoms with Gasteiger partial charge in [0.1, 0.15) is 11.0 Å². The third-order valence-corrected chi connectivity index (χ3v) is 6.49. The number of carbonyl (C=O) groups is 2. The zero-order valence-electron chi connectivity index (χ0n) is 14.2. The Bertz CT molecular complexity index is 459. The van der Waals surface area contributed by atoms with E-state index in [1.54, 1.807) is 6.92 Å². The van der Waals surface area contributed by atoms with Crippen LogP contribution in [-0.2, 0) is 19.1 Å². The maximum atomic E-state index is 12.5. The monoisotopic (exact) mass is 342 g/mol. The van der Waals surface area contributed by atoms with E-state index >= 15 is 0 Å². The average molecular weight is 343 g/mol. The molecule has 5 heteroatoms. The Kier molecular flexibility index (Phi) is 4.65. The van der Waals surface area contributed by atoms with Crippen molar-refractivity contribution in [1.82, 2.24) is 0 Å². The maximum absolute atomic E-state index is 12.5. The molecule has 0 aliphatic heterocycles. The molecule has 4 fully saturated rings. The number of esters is 2. The Labute approximate surface area is 143 Å². The molecule has 4 rings (SSSR count). The van der Waals surface area contributed by atoms with Crippen LogP contribution in [-0.4, -0.2) is 29.0 Å². The highest BCUT2D eigenvalue weighted by atomic mass is 35.5. The molecule has 23 heavy (non-hydrogen) atoms. The van der Waals surface area contributed by atoms with E-state index in [2.05, 4.69) is 6.92 Å². The molecule has 4 aliphatic carbocycles. The summed E-state index contributed by atoms with van der Waals surface area (Å²) in [4.78, 5) is 24.1. The lowest BCUT2D eigenvalue weighted by Crippen LogP contribution is -2.60. The van der Waals surface area contributed by atoms with Crippen LogP contribution >= 0.6 is 11.6 Å². The van der Waals surface area contributed by atoms with Gasteiger partial charge in [-0.25, -0.2) is 4.79 Å². The summed E-state index contributed by atoms with van der Waals surface area (Å²) >= 11 is 5.70. The van der Waals surface area contributed by atoms with Gasteiger partial charge in [-0.05, 0) is 76.0 Å². The van der Waals surface area contributed by atoms with Crippen LogP contribution in [0.1, 0.15) is 59.3 Å². The molecular formula is C18H27ClO4. The summed E-state index contributed by atoms with van der Waals surface area (Å²) in [7, 11) is 0. The number of alkyl halides is 1. The molecule has 130 valence electrons. The lowest BCUT2D eigenvalue weighted by Gasteiger charge is -2.60. The quantitative estimate of drug-likeness (QED) is 0.564. The number of hydrogen-bond donors (Lipinski definition) is 0. The van der Waals surface area contributed by atoms with E-state index in [0.29, 0.717) is 11.8 Å². The van der Waals surface area contributed by atoms with Crippen LogP contribution in [0.4, 0.5) is 0 Å². The Morgan fingerprint density at radius 2 is 1.57 bits per heavy atom. The molecule has 4 nitrogen and oxygen atoms in total. The van der Waals surface area contributed by atoms with Crippen molar-refractivity contribution in [2.24, 2.45) is 23.7 Å². The molecule has 0 heterocycles. The van der Waals surface area contributed by atoms with Crippen molar-refractivity contribution in [1.29, 1.82) is 0 Å². The Morgan fingerprint density at radius 1 is 1.04 bits per heavy atom. The minimum absolute atomic E-state index is 0.349. The summed E-state index contributed by atoms with van der Waals surface area (Å²) in [5.74, 6) is 1.59. The lowest BCUT2D eigenvalue weighted by molar-refractivity contribution is -0.218. The molecule has 4 saturated carbocycles. The normalized spacial score (nSPS) is 40.5. The smallest absolute Gasteiger partial charge is 0.347 e. The van der Waals surface area contributed by atoms with Gasteiger partial charge in [-0.3, -0.25) is 4.79 Å². The largest absolute Gasteiger partial charge is 0.456 e. The molecule has 0 amide bonds. The van der Waals surface area contributed by atoms with Crippen molar-refractivity contribution in [2.45, 2.75) is 76.4 Å². The van der Waals surface area contributed by atoms with E-state index in [0.717, 1.165) is 18.3 Å². The van der Waals surface area contributed by atoms with E-state index in [9.17, 15) is 9.59 Å². The molecule has 0 aromatic carbocycles. The SMILES string of the molecule is CCC1(OC(=O)C(C)OC(=O)C(C)Cl)C2CC3CC(C2)CC1C3. The fraction of sp³-hybridized carbons (Fsp3) is 0.889. The van der Waals surface area contributed by atoms with Crippen molar-refractivity contribution in [3.63, 3.8) is 0 Å². The zero-order chi connectivity index (χ0) is 16.8. The van der Waals surface area contributed by atoms with Gasteiger partial charge in [0, 0.05) is 0 Å². The summed E-state index contributed by atoms with van der Waals surface area (Å²) in [5.41, 5.74) is -0.349. The van der Waals surface area contributed by atoms with Gasteiger partial charge in [0.15, 0.2) is 6.10 Å². The van der Waals surface area contributed by atoms with Crippen LogP contribution in [0.3, 0.4) is 0 Å². The van der Waals surface area contributed by atoms with Crippen LogP contribution in [0.15, 0.2) is 0 Å². The number of ether oxygens (including phenoxy) is 2. The maximum Gasteiger partial charge on any atom is 0.347 e. The highest BCUT2D eigenvalue weighted by Gasteiger charge is 2.58. The van der Waals surface area contributed by atoms with E-state index in [1.165, 1.54) is 39.0 Å². The van der Waals surface area contributed by atoms with E-state index in [-0.39, 0.29) is 5.60 Å². The van der Waals surface area contributed by atoms with Gasteiger partial charge >= 0.3 is 11.9 Å². The van der Waals surface area contributed by atoms with E-state index in [1.807, 2.05) is 0 Å². The summed E-state index contributed by atoms with van der Waals surface area (Å²) in [6.45, 7) is 5.22.